The average molecular weight is 554 g/mol. The monoisotopic (exact) mass is 553 g/mol. The van der Waals surface area contributed by atoms with Crippen LogP contribution < -0.4 is 5.32 Å². The first kappa shape index (κ1) is 26.3. The number of ketones is 1. The molecule has 0 bridgehead atoms. The number of amides is 2. The van der Waals surface area contributed by atoms with E-state index < -0.39 is 24.0 Å². The van der Waals surface area contributed by atoms with Gasteiger partial charge in [0.25, 0.3) is 0 Å². The van der Waals surface area contributed by atoms with Gasteiger partial charge in [0, 0.05) is 49.3 Å². The van der Waals surface area contributed by atoms with Gasteiger partial charge < -0.3 is 10.2 Å². The van der Waals surface area contributed by atoms with Crippen LogP contribution in [0.4, 0.5) is 4.39 Å². The highest BCUT2D eigenvalue weighted by Crippen LogP contribution is 2.28. The molecule has 2 amide bonds. The lowest BCUT2D eigenvalue weighted by atomic mass is 10.0. The third-order valence-corrected chi connectivity index (χ3v) is 7.32. The molecule has 0 aliphatic carbocycles. The van der Waals surface area contributed by atoms with Crippen LogP contribution in [0.25, 0.3) is 27.7 Å². The highest BCUT2D eigenvalue weighted by molar-refractivity contribution is 6.06. The molecule has 2 aromatic carbocycles. The molecule has 1 aliphatic heterocycles. The Morgan fingerprint density at radius 2 is 1.85 bits per heavy atom. The van der Waals surface area contributed by atoms with E-state index in [4.69, 9.17) is 0 Å². The summed E-state index contributed by atoms with van der Waals surface area (Å²) in [6.45, 7) is 3.18. The van der Waals surface area contributed by atoms with Gasteiger partial charge in [-0.1, -0.05) is 36.4 Å². The standard InChI is InChI=1S/C30H28FN7O3/c1-18-10-27-32-14-22(15-38(27)34-18)21-8-9-25-24(11-21)29(19(2)39)35-37(25)17-28(40)36-16-23(31)12-26(36)30(41)33-13-20-6-4-3-5-7-20/h3-11,14-15,23,26H,12-13,16-17H2,1-2H3,(H,33,41)/t23-,26+/m1/s1. The molecule has 208 valence electrons. The summed E-state index contributed by atoms with van der Waals surface area (Å²) in [5.74, 6) is -1.10. The van der Waals surface area contributed by atoms with Crippen LogP contribution >= 0.6 is 0 Å². The first-order chi connectivity index (χ1) is 19.8. The highest BCUT2D eigenvalue weighted by Gasteiger charge is 2.40. The Labute approximate surface area is 234 Å². The van der Waals surface area contributed by atoms with Crippen LogP contribution in [0.3, 0.4) is 0 Å². The number of aromatic nitrogens is 5. The van der Waals surface area contributed by atoms with Crippen molar-refractivity contribution < 1.29 is 18.8 Å². The lowest BCUT2D eigenvalue weighted by Crippen LogP contribution is -2.46. The van der Waals surface area contributed by atoms with Crippen molar-refractivity contribution in [2.45, 2.75) is 45.6 Å². The number of likely N-dealkylation sites (tertiary alicyclic amines) is 1. The molecule has 1 saturated heterocycles. The van der Waals surface area contributed by atoms with E-state index in [-0.39, 0.29) is 37.5 Å². The zero-order valence-corrected chi connectivity index (χ0v) is 22.6. The number of alkyl halides is 1. The van der Waals surface area contributed by atoms with Gasteiger partial charge in [-0.25, -0.2) is 13.9 Å². The maximum absolute atomic E-state index is 14.5. The predicted molar refractivity (Wildman–Crippen MR) is 150 cm³/mol. The Bertz CT molecular complexity index is 1800. The first-order valence-electron chi connectivity index (χ1n) is 13.4. The van der Waals surface area contributed by atoms with Crippen LogP contribution in [-0.2, 0) is 22.7 Å². The van der Waals surface area contributed by atoms with Crippen LogP contribution in [0.5, 0.6) is 0 Å². The molecule has 41 heavy (non-hydrogen) atoms. The molecule has 0 unspecified atom stereocenters. The molecule has 11 heteroatoms. The lowest BCUT2D eigenvalue weighted by Gasteiger charge is -2.23. The minimum atomic E-state index is -1.30. The minimum Gasteiger partial charge on any atom is -0.350 e. The van der Waals surface area contributed by atoms with Crippen molar-refractivity contribution in [1.82, 2.24) is 34.6 Å². The molecule has 10 nitrogen and oxygen atoms in total. The number of rotatable bonds is 7. The lowest BCUT2D eigenvalue weighted by molar-refractivity contribution is -0.139. The van der Waals surface area contributed by atoms with Crippen molar-refractivity contribution in [1.29, 1.82) is 0 Å². The van der Waals surface area contributed by atoms with Crippen molar-refractivity contribution in [2.24, 2.45) is 0 Å². The second-order valence-electron chi connectivity index (χ2n) is 10.3. The van der Waals surface area contributed by atoms with E-state index in [1.54, 1.807) is 16.8 Å². The summed E-state index contributed by atoms with van der Waals surface area (Å²) in [5.41, 5.74) is 4.90. The number of halogens is 1. The number of aryl methyl sites for hydroxylation is 1. The Morgan fingerprint density at radius 1 is 1.05 bits per heavy atom. The fraction of sp³-hybridized carbons (Fsp3) is 0.267. The zero-order chi connectivity index (χ0) is 28.7. The number of carbonyl (C=O) groups is 3. The van der Waals surface area contributed by atoms with Gasteiger partial charge in [0.15, 0.2) is 11.4 Å². The molecule has 5 aromatic rings. The second-order valence-corrected chi connectivity index (χ2v) is 10.3. The van der Waals surface area contributed by atoms with Gasteiger partial charge in [-0.15, -0.1) is 0 Å². The van der Waals surface area contributed by atoms with Crippen LogP contribution in [-0.4, -0.2) is 65.6 Å². The van der Waals surface area contributed by atoms with E-state index in [2.05, 4.69) is 20.5 Å². The Morgan fingerprint density at radius 3 is 2.63 bits per heavy atom. The van der Waals surface area contributed by atoms with Gasteiger partial charge in [-0.3, -0.25) is 19.1 Å². The summed E-state index contributed by atoms with van der Waals surface area (Å²) in [4.78, 5) is 44.6. The van der Waals surface area contributed by atoms with Gasteiger partial charge >= 0.3 is 0 Å². The van der Waals surface area contributed by atoms with Crippen LogP contribution in [0.15, 0.2) is 67.0 Å². The molecular weight excluding hydrogens is 525 g/mol. The predicted octanol–water partition coefficient (Wildman–Crippen LogP) is 3.51. The molecule has 1 N–H and O–H groups in total. The van der Waals surface area contributed by atoms with E-state index in [9.17, 15) is 18.8 Å². The Kier molecular flexibility index (Phi) is 6.78. The Hall–Kier alpha value is -4.93. The number of Topliss-reactive ketones (excluding diaryl/α,β-unsaturated/α-hetero) is 1. The number of nitrogens with one attached hydrogen (secondary N) is 1. The molecule has 0 radical (unpaired) electrons. The SMILES string of the molecule is CC(=O)c1nn(CC(=O)N2C[C@H](F)C[C@H]2C(=O)NCc2ccccc2)c2ccc(-c3cnc4cc(C)nn4c3)cc12. The van der Waals surface area contributed by atoms with Crippen molar-refractivity contribution in [3.8, 4) is 11.1 Å². The van der Waals surface area contributed by atoms with Crippen molar-refractivity contribution >= 4 is 34.1 Å². The maximum atomic E-state index is 14.5. The average Bonchev–Trinajstić information content (AvgIpc) is 3.65. The molecule has 0 spiro atoms. The first-order valence-corrected chi connectivity index (χ1v) is 13.4. The summed E-state index contributed by atoms with van der Waals surface area (Å²) in [5, 5.41) is 12.3. The highest BCUT2D eigenvalue weighted by atomic mass is 19.1. The van der Waals surface area contributed by atoms with E-state index in [0.29, 0.717) is 10.9 Å². The van der Waals surface area contributed by atoms with E-state index in [1.807, 2.05) is 61.7 Å². The summed E-state index contributed by atoms with van der Waals surface area (Å²) in [6.07, 6.45) is 2.23. The second kappa shape index (κ2) is 10.6. The van der Waals surface area contributed by atoms with Crippen molar-refractivity contribution in [2.75, 3.05) is 6.54 Å². The van der Waals surface area contributed by atoms with Crippen LogP contribution in [0.1, 0.15) is 35.1 Å². The largest absolute Gasteiger partial charge is 0.350 e. The summed E-state index contributed by atoms with van der Waals surface area (Å²) >= 11 is 0. The van der Waals surface area contributed by atoms with E-state index >= 15 is 0 Å². The van der Waals surface area contributed by atoms with Crippen molar-refractivity contribution in [3.05, 3.63) is 83.9 Å². The fourth-order valence-electron chi connectivity index (χ4n) is 5.31. The number of hydrogen-bond acceptors (Lipinski definition) is 6. The number of fused-ring (bicyclic) bond motifs is 2. The summed E-state index contributed by atoms with van der Waals surface area (Å²) in [7, 11) is 0. The Balaban J connectivity index is 1.25. The maximum Gasteiger partial charge on any atom is 0.245 e. The normalized spacial score (nSPS) is 16.9. The zero-order valence-electron chi connectivity index (χ0n) is 22.6. The number of nitrogens with zero attached hydrogens (tertiary/aromatic N) is 6. The van der Waals surface area contributed by atoms with Gasteiger partial charge in [0.2, 0.25) is 11.8 Å². The molecule has 0 saturated carbocycles. The summed E-state index contributed by atoms with van der Waals surface area (Å²) in [6, 6.07) is 15.8. The van der Waals surface area contributed by atoms with Gasteiger partial charge in [0.1, 0.15) is 24.5 Å². The molecule has 3 aromatic heterocycles. The van der Waals surface area contributed by atoms with Crippen LogP contribution in [0.2, 0.25) is 0 Å². The number of hydrogen-bond donors (Lipinski definition) is 1. The molecular formula is C30H28FN7O3. The van der Waals surface area contributed by atoms with Gasteiger partial charge in [-0.2, -0.15) is 10.2 Å². The quantitative estimate of drug-likeness (QED) is 0.309. The number of benzene rings is 2. The third-order valence-electron chi connectivity index (χ3n) is 7.32. The van der Waals surface area contributed by atoms with Crippen LogP contribution in [0, 0.1) is 6.92 Å². The minimum absolute atomic E-state index is 0.0670. The van der Waals surface area contributed by atoms with Gasteiger partial charge in [0.05, 0.1) is 17.8 Å². The molecule has 2 atom stereocenters. The molecule has 1 aliphatic rings. The van der Waals surface area contributed by atoms with E-state index in [1.165, 1.54) is 16.5 Å². The molecule has 6 rings (SSSR count). The third kappa shape index (κ3) is 5.18. The molecule has 1 fully saturated rings. The molecule has 4 heterocycles. The van der Waals surface area contributed by atoms with Gasteiger partial charge in [-0.05, 0) is 30.2 Å². The van der Waals surface area contributed by atoms with E-state index in [0.717, 1.165) is 28.0 Å². The summed E-state index contributed by atoms with van der Waals surface area (Å²) < 4.78 is 17.6. The fourth-order valence-corrected chi connectivity index (χ4v) is 5.31. The van der Waals surface area contributed by atoms with Crippen molar-refractivity contribution in [3.63, 3.8) is 0 Å². The topological polar surface area (TPSA) is 114 Å². The smallest absolute Gasteiger partial charge is 0.245 e. The number of carbonyl (C=O) groups excluding carboxylic acids is 3.